The molecule has 4 N–H and O–H groups in total. The van der Waals surface area contributed by atoms with Crippen LogP contribution in [0.4, 0.5) is 0 Å². The molecule has 7 heavy (non-hydrogen) atoms. The van der Waals surface area contributed by atoms with Crippen LogP contribution in [0.25, 0.3) is 0 Å². The van der Waals surface area contributed by atoms with Gasteiger partial charge in [-0.25, -0.2) is 0 Å². The molecule has 0 fully saturated rings. The van der Waals surface area contributed by atoms with Crippen molar-refractivity contribution in [2.24, 2.45) is 0 Å². The Bertz CT molecular complexity index is 99.7. The summed E-state index contributed by atoms with van der Waals surface area (Å²) in [4.78, 5) is 0. The minimum atomic E-state index is -3.83. The summed E-state index contributed by atoms with van der Waals surface area (Å²) in [6.45, 7) is 0. The quantitative estimate of drug-likeness (QED) is 0.536. The first-order valence-electron chi connectivity index (χ1n) is 0.698. The number of hydrogen-bond donors (Lipinski definition) is 2. The fraction of sp³-hybridized carbons (Fsp3) is 0. The van der Waals surface area contributed by atoms with Crippen molar-refractivity contribution < 1.29 is 21.6 Å². The van der Waals surface area contributed by atoms with Crippen molar-refractivity contribution in [3.05, 3.63) is 0 Å². The second kappa shape index (κ2) is 5.95. The third-order valence-electron chi connectivity index (χ3n) is 0. The number of hydrogen-bond acceptors (Lipinski definition) is 2. The average molecular weight is 272 g/mol. The molecule has 0 aliphatic rings. The first-order chi connectivity index (χ1) is 2.00. The van der Waals surface area contributed by atoms with Gasteiger partial charge in [-0.3, -0.25) is 9.11 Å². The molecule has 0 atom stereocenters. The van der Waals surface area contributed by atoms with Gasteiger partial charge in [0.15, 0.2) is 0 Å². The Morgan fingerprint density at radius 2 is 1.57 bits per heavy atom. The smallest absolute Gasteiger partial charge is 1.00 e. The van der Waals surface area contributed by atoms with Gasteiger partial charge in [0.05, 0.1) is 0 Å². The Hall–Kier alpha value is 1.82. The molecule has 0 aliphatic heterocycles. The summed E-state index contributed by atoms with van der Waals surface area (Å²) < 4.78 is 24.0. The van der Waals surface area contributed by atoms with Crippen molar-refractivity contribution in [2.75, 3.05) is 0 Å². The molecule has 0 aromatic heterocycles. The molecule has 4 nitrogen and oxygen atoms in total. The SMILES string of the molecule is O.O=S(O)(O)=S.[Ba+2].[H-].[H-]. The Morgan fingerprint density at radius 1 is 1.57 bits per heavy atom. The molecule has 0 unspecified atom stereocenters. The summed E-state index contributed by atoms with van der Waals surface area (Å²) in [5.41, 5.74) is 0. The molecule has 0 saturated carbocycles. The Balaban J connectivity index is -0.0000000133. The van der Waals surface area contributed by atoms with Crippen molar-refractivity contribution >= 4 is 69.1 Å². The minimum absolute atomic E-state index is 0. The van der Waals surface area contributed by atoms with Gasteiger partial charge in [-0.2, -0.15) is 4.21 Å². The third kappa shape index (κ3) is 79.9. The molecule has 0 aromatic carbocycles. The molecule has 0 aromatic rings. The van der Waals surface area contributed by atoms with Crippen LogP contribution in [0.5, 0.6) is 0 Å². The maximum Gasteiger partial charge on any atom is 2.00 e. The van der Waals surface area contributed by atoms with Crippen LogP contribution in [-0.4, -0.2) is 67.7 Å². The molecule has 0 radical (unpaired) electrons. The van der Waals surface area contributed by atoms with E-state index >= 15 is 0 Å². The van der Waals surface area contributed by atoms with Crippen LogP contribution < -0.4 is 0 Å². The van der Waals surface area contributed by atoms with Gasteiger partial charge in [-0.15, -0.1) is 0 Å². The van der Waals surface area contributed by atoms with Crippen LogP contribution in [-0.2, 0) is 20.2 Å². The first-order valence-corrected chi connectivity index (χ1v) is 3.10. The van der Waals surface area contributed by atoms with Gasteiger partial charge >= 0.3 is 48.9 Å². The largest absolute Gasteiger partial charge is 2.00 e. The predicted octanol–water partition coefficient (Wildman–Crippen LogP) is -1.30. The fourth-order valence-electron chi connectivity index (χ4n) is 0. The Morgan fingerprint density at radius 3 is 1.57 bits per heavy atom. The Kier molecular flexibility index (Phi) is 13.5. The second-order valence-corrected chi connectivity index (χ2v) is 2.65. The molecule has 0 saturated heterocycles. The van der Waals surface area contributed by atoms with Crippen molar-refractivity contribution in [1.29, 1.82) is 0 Å². The zero-order valence-corrected chi connectivity index (χ0v) is 9.40. The van der Waals surface area contributed by atoms with E-state index in [1.165, 1.54) is 0 Å². The average Bonchev–Trinajstić information content (AvgIpc) is 0.722. The molecule has 0 amide bonds. The summed E-state index contributed by atoms with van der Waals surface area (Å²) in [5.74, 6) is 0. The van der Waals surface area contributed by atoms with Gasteiger partial charge in [0.2, 0.25) is 0 Å². The van der Waals surface area contributed by atoms with Crippen LogP contribution in [0.3, 0.4) is 0 Å². The standard InChI is InChI=1S/Ba.H2O3S2.H2O.2H/c;1-5(2,3)4;;;/h;(H2,1,2,3,4);1H2;;/q+2;;;2*-1. The van der Waals surface area contributed by atoms with E-state index in [-0.39, 0.29) is 57.2 Å². The number of rotatable bonds is 0. The summed E-state index contributed by atoms with van der Waals surface area (Å²) in [5, 5.41) is 0. The normalized spacial score (nSPS) is 8.29. The van der Waals surface area contributed by atoms with E-state index < -0.39 is 9.05 Å². The maximum atomic E-state index is 9.11. The molecule has 44 valence electrons. The van der Waals surface area contributed by atoms with Crippen LogP contribution in [0.15, 0.2) is 0 Å². The van der Waals surface area contributed by atoms with E-state index in [1.807, 2.05) is 0 Å². The first kappa shape index (κ1) is 15.9. The third-order valence-corrected chi connectivity index (χ3v) is 0. The van der Waals surface area contributed by atoms with Gasteiger partial charge < -0.3 is 8.33 Å². The molecule has 0 rings (SSSR count). The molecule has 0 bridgehead atoms. The van der Waals surface area contributed by atoms with E-state index in [0.717, 1.165) is 0 Å². The summed E-state index contributed by atoms with van der Waals surface area (Å²) >= 11 is 3.47. The molecular weight excluding hydrogens is 265 g/mol. The maximum absolute atomic E-state index is 9.11. The van der Waals surface area contributed by atoms with Gasteiger partial charge in [0.25, 0.3) is 9.05 Å². The monoisotopic (exact) mass is 272 g/mol. The summed E-state index contributed by atoms with van der Waals surface area (Å²) in [7, 11) is -3.83. The van der Waals surface area contributed by atoms with Crippen LogP contribution in [0, 0.1) is 0 Å². The topological polar surface area (TPSA) is 89.0 Å². The van der Waals surface area contributed by atoms with Gasteiger partial charge in [-0.1, -0.05) is 0 Å². The molecule has 0 spiro atoms. The van der Waals surface area contributed by atoms with E-state index in [1.54, 1.807) is 0 Å². The van der Waals surface area contributed by atoms with Crippen molar-refractivity contribution in [3.63, 3.8) is 0 Å². The minimum Gasteiger partial charge on any atom is -1.00 e. The fourth-order valence-corrected chi connectivity index (χ4v) is 0. The Labute approximate surface area is 89.4 Å². The second-order valence-electron chi connectivity index (χ2n) is 0.448. The van der Waals surface area contributed by atoms with Crippen molar-refractivity contribution in [3.8, 4) is 0 Å². The van der Waals surface area contributed by atoms with Crippen molar-refractivity contribution in [2.45, 2.75) is 0 Å². The molecule has 0 aliphatic carbocycles. The van der Waals surface area contributed by atoms with E-state index in [4.69, 9.17) is 13.3 Å². The molecule has 0 heterocycles. The predicted molar refractivity (Wildman–Crippen MR) is 32.4 cm³/mol. The van der Waals surface area contributed by atoms with Crippen LogP contribution >= 0.6 is 0 Å². The zero-order valence-electron chi connectivity index (χ0n) is 5.33. The van der Waals surface area contributed by atoms with E-state index in [0.29, 0.717) is 0 Å². The summed E-state index contributed by atoms with van der Waals surface area (Å²) in [6.07, 6.45) is 0. The van der Waals surface area contributed by atoms with E-state index in [9.17, 15) is 0 Å². The van der Waals surface area contributed by atoms with Gasteiger partial charge in [0, 0.05) is 11.2 Å². The summed E-state index contributed by atoms with van der Waals surface area (Å²) in [6, 6.07) is 0. The van der Waals surface area contributed by atoms with E-state index in [2.05, 4.69) is 11.2 Å². The molecular formula is H6BaO4S2. The van der Waals surface area contributed by atoms with Crippen LogP contribution in [0.2, 0.25) is 0 Å². The van der Waals surface area contributed by atoms with Gasteiger partial charge in [-0.05, 0) is 0 Å². The van der Waals surface area contributed by atoms with Crippen molar-refractivity contribution in [1.82, 2.24) is 0 Å². The van der Waals surface area contributed by atoms with Gasteiger partial charge in [0.1, 0.15) is 0 Å². The van der Waals surface area contributed by atoms with Crippen LogP contribution in [0.1, 0.15) is 2.85 Å². The zero-order chi connectivity index (χ0) is 4.50. The molecule has 7 heteroatoms.